The Balaban J connectivity index is 1.61. The van der Waals surface area contributed by atoms with E-state index in [9.17, 15) is 4.79 Å². The maximum absolute atomic E-state index is 12.7. The Kier molecular flexibility index (Phi) is 5.61. The van der Waals surface area contributed by atoms with Crippen LogP contribution in [0.25, 0.3) is 11.3 Å². The van der Waals surface area contributed by atoms with Crippen LogP contribution in [0.5, 0.6) is 0 Å². The molecule has 1 aliphatic rings. The standard InChI is InChI=1S/C19H25N3OS/c1-14(18(23)22(2)16-11-7-4-8-12-16)24-19-20-13-17(21-19)15-9-5-3-6-10-15/h3,5-6,9-10,13-14,16H,4,7-8,11-12H2,1-2H3,(H,20,21)/t14-/m1/s1. The van der Waals surface area contributed by atoms with Crippen molar-refractivity contribution in [3.63, 3.8) is 0 Å². The van der Waals surface area contributed by atoms with E-state index in [0.29, 0.717) is 6.04 Å². The van der Waals surface area contributed by atoms with Crippen LogP contribution in [0.15, 0.2) is 41.7 Å². The van der Waals surface area contributed by atoms with E-state index in [1.807, 2.05) is 55.4 Å². The van der Waals surface area contributed by atoms with E-state index < -0.39 is 0 Å². The fraction of sp³-hybridized carbons (Fsp3) is 0.474. The second-order valence-corrected chi connectivity index (χ2v) is 7.80. The minimum Gasteiger partial charge on any atom is -0.342 e. The summed E-state index contributed by atoms with van der Waals surface area (Å²) in [7, 11) is 1.95. The third kappa shape index (κ3) is 4.01. The monoisotopic (exact) mass is 343 g/mol. The lowest BCUT2D eigenvalue weighted by Gasteiger charge is -2.32. The number of imidazole rings is 1. The van der Waals surface area contributed by atoms with Gasteiger partial charge in [-0.2, -0.15) is 0 Å². The molecule has 0 radical (unpaired) electrons. The number of carbonyl (C=O) groups excluding carboxylic acids is 1. The molecule has 1 aliphatic carbocycles. The van der Waals surface area contributed by atoms with Gasteiger partial charge in [-0.15, -0.1) is 0 Å². The first-order valence-corrected chi connectivity index (χ1v) is 9.57. The highest BCUT2D eigenvalue weighted by atomic mass is 32.2. The van der Waals surface area contributed by atoms with Gasteiger partial charge in [0, 0.05) is 13.1 Å². The molecule has 1 N–H and O–H groups in total. The van der Waals surface area contributed by atoms with E-state index in [0.717, 1.165) is 29.3 Å². The number of aromatic amines is 1. The smallest absolute Gasteiger partial charge is 0.235 e. The van der Waals surface area contributed by atoms with E-state index in [4.69, 9.17) is 0 Å². The number of H-pyrrole nitrogens is 1. The number of rotatable bonds is 5. The van der Waals surface area contributed by atoms with Crippen LogP contribution in [-0.2, 0) is 4.79 Å². The summed E-state index contributed by atoms with van der Waals surface area (Å²) in [6, 6.07) is 10.5. The van der Waals surface area contributed by atoms with E-state index >= 15 is 0 Å². The van der Waals surface area contributed by atoms with Crippen LogP contribution in [0.3, 0.4) is 0 Å². The summed E-state index contributed by atoms with van der Waals surface area (Å²) in [4.78, 5) is 22.4. The largest absolute Gasteiger partial charge is 0.342 e. The average molecular weight is 343 g/mol. The first-order valence-electron chi connectivity index (χ1n) is 8.69. The van der Waals surface area contributed by atoms with Crippen LogP contribution >= 0.6 is 11.8 Å². The molecule has 4 nitrogen and oxygen atoms in total. The van der Waals surface area contributed by atoms with Crippen molar-refractivity contribution in [3.8, 4) is 11.3 Å². The normalized spacial score (nSPS) is 16.8. The zero-order valence-electron chi connectivity index (χ0n) is 14.4. The molecule has 128 valence electrons. The molecule has 0 saturated heterocycles. The van der Waals surface area contributed by atoms with Crippen molar-refractivity contribution in [3.05, 3.63) is 36.5 Å². The number of nitrogens with zero attached hydrogens (tertiary/aromatic N) is 2. The fourth-order valence-corrected chi connectivity index (χ4v) is 4.16. The van der Waals surface area contributed by atoms with Gasteiger partial charge in [0.2, 0.25) is 5.91 Å². The third-order valence-corrected chi connectivity index (χ3v) is 5.73. The minimum absolute atomic E-state index is 0.133. The summed E-state index contributed by atoms with van der Waals surface area (Å²) < 4.78 is 0. The third-order valence-electron chi connectivity index (χ3n) is 4.74. The molecule has 0 spiro atoms. The van der Waals surface area contributed by atoms with Gasteiger partial charge >= 0.3 is 0 Å². The molecule has 1 heterocycles. The predicted octanol–water partition coefficient (Wildman–Crippen LogP) is 4.35. The van der Waals surface area contributed by atoms with Crippen LogP contribution in [0.2, 0.25) is 0 Å². The van der Waals surface area contributed by atoms with Crippen molar-refractivity contribution in [2.75, 3.05) is 7.05 Å². The Morgan fingerprint density at radius 2 is 1.96 bits per heavy atom. The maximum Gasteiger partial charge on any atom is 0.235 e. The van der Waals surface area contributed by atoms with Gasteiger partial charge in [-0.1, -0.05) is 61.4 Å². The van der Waals surface area contributed by atoms with Gasteiger partial charge in [0.25, 0.3) is 0 Å². The quantitative estimate of drug-likeness (QED) is 0.821. The molecule has 5 heteroatoms. The van der Waals surface area contributed by atoms with Crippen LogP contribution in [0, 0.1) is 0 Å². The molecule has 0 bridgehead atoms. The zero-order chi connectivity index (χ0) is 16.9. The van der Waals surface area contributed by atoms with Crippen LogP contribution in [0.1, 0.15) is 39.0 Å². The Hall–Kier alpha value is -1.75. The Labute approximate surface area is 148 Å². The lowest BCUT2D eigenvalue weighted by Crippen LogP contribution is -2.42. The molecule has 1 amide bonds. The maximum atomic E-state index is 12.7. The second kappa shape index (κ2) is 7.88. The van der Waals surface area contributed by atoms with Crippen LogP contribution < -0.4 is 0 Å². The molecular weight excluding hydrogens is 318 g/mol. The topological polar surface area (TPSA) is 49.0 Å². The van der Waals surface area contributed by atoms with Crippen molar-refractivity contribution in [2.24, 2.45) is 0 Å². The summed E-state index contributed by atoms with van der Waals surface area (Å²) in [6.45, 7) is 1.97. The lowest BCUT2D eigenvalue weighted by atomic mass is 9.94. The molecule has 2 aromatic rings. The number of aromatic nitrogens is 2. The molecular formula is C19H25N3OS. The van der Waals surface area contributed by atoms with E-state index in [1.54, 1.807) is 0 Å². The van der Waals surface area contributed by atoms with E-state index in [2.05, 4.69) is 9.97 Å². The number of thioether (sulfide) groups is 1. The molecule has 1 aromatic carbocycles. The van der Waals surface area contributed by atoms with Crippen molar-refractivity contribution >= 4 is 17.7 Å². The van der Waals surface area contributed by atoms with Gasteiger partial charge in [0.15, 0.2) is 5.16 Å². The summed E-state index contributed by atoms with van der Waals surface area (Å²) >= 11 is 1.50. The lowest BCUT2D eigenvalue weighted by molar-refractivity contribution is -0.131. The molecule has 1 atom stereocenters. The van der Waals surface area contributed by atoms with Crippen molar-refractivity contribution < 1.29 is 4.79 Å². The van der Waals surface area contributed by atoms with Crippen molar-refractivity contribution in [2.45, 2.75) is 55.5 Å². The van der Waals surface area contributed by atoms with Gasteiger partial charge in [-0.05, 0) is 25.3 Å². The summed E-state index contributed by atoms with van der Waals surface area (Å²) in [6.07, 6.45) is 7.89. The number of benzene rings is 1. The van der Waals surface area contributed by atoms with E-state index in [1.165, 1.54) is 31.0 Å². The minimum atomic E-state index is -0.133. The molecule has 0 unspecified atom stereocenters. The van der Waals surface area contributed by atoms with E-state index in [-0.39, 0.29) is 11.2 Å². The van der Waals surface area contributed by atoms with Gasteiger partial charge in [0.1, 0.15) is 0 Å². The summed E-state index contributed by atoms with van der Waals surface area (Å²) in [5, 5.41) is 0.665. The van der Waals surface area contributed by atoms with Crippen LogP contribution in [0.4, 0.5) is 0 Å². The highest BCUT2D eigenvalue weighted by Gasteiger charge is 2.26. The Morgan fingerprint density at radius 3 is 2.67 bits per heavy atom. The molecule has 3 rings (SSSR count). The van der Waals surface area contributed by atoms with Gasteiger partial charge in [0.05, 0.1) is 17.1 Å². The van der Waals surface area contributed by atoms with Crippen molar-refractivity contribution in [1.82, 2.24) is 14.9 Å². The second-order valence-electron chi connectivity index (χ2n) is 6.47. The Bertz CT molecular complexity index is 664. The molecule has 0 aliphatic heterocycles. The fourth-order valence-electron chi connectivity index (χ4n) is 3.28. The summed E-state index contributed by atoms with van der Waals surface area (Å²) in [5.74, 6) is 0.199. The van der Waals surface area contributed by atoms with Gasteiger partial charge in [-0.25, -0.2) is 4.98 Å². The van der Waals surface area contributed by atoms with Gasteiger partial charge < -0.3 is 9.88 Å². The zero-order valence-corrected chi connectivity index (χ0v) is 15.2. The number of hydrogen-bond donors (Lipinski definition) is 1. The van der Waals surface area contributed by atoms with Gasteiger partial charge in [-0.3, -0.25) is 4.79 Å². The highest BCUT2D eigenvalue weighted by molar-refractivity contribution is 8.00. The van der Waals surface area contributed by atoms with Crippen LogP contribution in [-0.4, -0.2) is 39.1 Å². The molecule has 1 aromatic heterocycles. The highest BCUT2D eigenvalue weighted by Crippen LogP contribution is 2.27. The molecule has 24 heavy (non-hydrogen) atoms. The summed E-state index contributed by atoms with van der Waals surface area (Å²) in [5.41, 5.74) is 2.09. The first kappa shape index (κ1) is 17.1. The molecule has 1 saturated carbocycles. The first-order chi connectivity index (χ1) is 11.6. The number of carbonyl (C=O) groups is 1. The SMILES string of the molecule is C[C@@H](Sc1ncc(-c2ccccc2)[nH]1)C(=O)N(C)C1CCCCC1. The number of hydrogen-bond acceptors (Lipinski definition) is 3. The number of amides is 1. The Morgan fingerprint density at radius 1 is 1.25 bits per heavy atom. The predicted molar refractivity (Wildman–Crippen MR) is 99.0 cm³/mol. The van der Waals surface area contributed by atoms with Crippen molar-refractivity contribution in [1.29, 1.82) is 0 Å². The number of nitrogens with one attached hydrogen (secondary N) is 1. The average Bonchev–Trinajstić information content (AvgIpc) is 3.10. The molecule has 1 fully saturated rings.